The number of hydrogen-bond donors (Lipinski definition) is 0. The third-order valence-corrected chi connectivity index (χ3v) is 6.64. The Morgan fingerprint density at radius 1 is 1.22 bits per heavy atom. The van der Waals surface area contributed by atoms with Crippen molar-refractivity contribution in [1.82, 2.24) is 4.90 Å². The Balaban J connectivity index is 1.66. The Kier molecular flexibility index (Phi) is 5.18. The van der Waals surface area contributed by atoms with Crippen LogP contribution in [0.25, 0.3) is 0 Å². The molecule has 136 valence electrons. The number of anilines is 1. The summed E-state index contributed by atoms with van der Waals surface area (Å²) in [5, 5.41) is 11.3. The maximum absolute atomic E-state index is 12.9. The van der Waals surface area contributed by atoms with Gasteiger partial charge in [0.05, 0.1) is 29.2 Å². The lowest BCUT2D eigenvalue weighted by Gasteiger charge is -2.42. The molecule has 2 aliphatic heterocycles. The smallest absolute Gasteiger partial charge is 0.229 e. The Labute approximate surface area is 175 Å². The molecule has 0 spiro atoms. The summed E-state index contributed by atoms with van der Waals surface area (Å²) in [6.45, 7) is 0.444. The molecule has 2 aromatic carbocycles. The number of allylic oxidation sites excluding steroid dienone is 1. The van der Waals surface area contributed by atoms with Gasteiger partial charge >= 0.3 is 0 Å². The molecule has 0 radical (unpaired) electrons. The quantitative estimate of drug-likeness (QED) is 0.608. The highest BCUT2D eigenvalue weighted by atomic mass is 79.9. The van der Waals surface area contributed by atoms with Crippen LogP contribution in [0.2, 0.25) is 5.02 Å². The van der Waals surface area contributed by atoms with Gasteiger partial charge in [-0.1, -0.05) is 51.4 Å². The van der Waals surface area contributed by atoms with Gasteiger partial charge < -0.3 is 4.90 Å². The highest BCUT2D eigenvalue weighted by Gasteiger charge is 2.38. The van der Waals surface area contributed by atoms with Crippen LogP contribution in [0, 0.1) is 11.3 Å². The van der Waals surface area contributed by atoms with E-state index in [0.717, 1.165) is 20.8 Å². The average molecular weight is 461 g/mol. The standard InChI is InChI=1S/C20H15BrClN3OS/c21-14-3-1-2-13(8-14)17-9-19(26)25-11-24(12-27-20(25)18(17)10-23)16-6-4-15(22)5-7-16/h1-8,17H,9,11-12H2/t17-/m1/s1. The van der Waals surface area contributed by atoms with Crippen molar-refractivity contribution in [2.45, 2.75) is 12.3 Å². The molecule has 1 fully saturated rings. The first-order valence-electron chi connectivity index (χ1n) is 8.40. The van der Waals surface area contributed by atoms with Gasteiger partial charge in [0.25, 0.3) is 0 Å². The molecule has 2 aromatic rings. The van der Waals surface area contributed by atoms with Crippen LogP contribution in [0.1, 0.15) is 17.9 Å². The zero-order valence-electron chi connectivity index (χ0n) is 14.2. The lowest BCUT2D eigenvalue weighted by Crippen LogP contribution is -2.47. The van der Waals surface area contributed by atoms with Gasteiger partial charge in [-0.3, -0.25) is 9.69 Å². The van der Waals surface area contributed by atoms with Gasteiger partial charge in [0.1, 0.15) is 0 Å². The van der Waals surface area contributed by atoms with Crippen LogP contribution in [-0.4, -0.2) is 23.4 Å². The van der Waals surface area contributed by atoms with Crippen LogP contribution < -0.4 is 4.90 Å². The van der Waals surface area contributed by atoms with Crippen molar-refractivity contribution in [3.63, 3.8) is 0 Å². The molecule has 4 rings (SSSR count). The molecule has 0 aromatic heterocycles. The second kappa shape index (κ2) is 7.59. The zero-order valence-corrected chi connectivity index (χ0v) is 17.4. The number of benzene rings is 2. The monoisotopic (exact) mass is 459 g/mol. The van der Waals surface area contributed by atoms with Gasteiger partial charge in [0.2, 0.25) is 5.91 Å². The van der Waals surface area contributed by atoms with Crippen molar-refractivity contribution in [2.24, 2.45) is 0 Å². The molecule has 7 heteroatoms. The van der Waals surface area contributed by atoms with E-state index in [1.165, 1.54) is 11.8 Å². The van der Waals surface area contributed by atoms with E-state index in [-0.39, 0.29) is 11.8 Å². The molecule has 1 saturated heterocycles. The summed E-state index contributed by atoms with van der Waals surface area (Å²) in [6, 6.07) is 17.8. The normalized spacial score (nSPS) is 19.7. The summed E-state index contributed by atoms with van der Waals surface area (Å²) in [4.78, 5) is 16.7. The van der Waals surface area contributed by atoms with Gasteiger partial charge in [-0.2, -0.15) is 5.26 Å². The summed E-state index contributed by atoms with van der Waals surface area (Å²) in [7, 11) is 0. The maximum Gasteiger partial charge on any atom is 0.229 e. The highest BCUT2D eigenvalue weighted by molar-refractivity contribution is 9.10. The third-order valence-electron chi connectivity index (χ3n) is 4.74. The fraction of sp³-hybridized carbons (Fsp3) is 0.200. The summed E-state index contributed by atoms with van der Waals surface area (Å²) in [5.74, 6) is 0.526. The van der Waals surface area contributed by atoms with Crippen molar-refractivity contribution in [1.29, 1.82) is 5.26 Å². The lowest BCUT2D eigenvalue weighted by molar-refractivity contribution is -0.129. The number of nitriles is 1. The molecule has 1 atom stereocenters. The lowest BCUT2D eigenvalue weighted by atomic mass is 9.86. The fourth-order valence-corrected chi connectivity index (χ4v) is 5.10. The summed E-state index contributed by atoms with van der Waals surface area (Å²) in [5.41, 5.74) is 2.67. The SMILES string of the molecule is N#CC1=C2SCN(c3ccc(Cl)cc3)CN2C(=O)C[C@@H]1c1cccc(Br)c1. The number of hydrogen-bond acceptors (Lipinski definition) is 4. The number of fused-ring (bicyclic) bond motifs is 1. The number of halogens is 2. The molecule has 2 heterocycles. The summed E-state index contributed by atoms with van der Waals surface area (Å²) >= 11 is 11.0. The second-order valence-corrected chi connectivity index (χ2v) is 8.68. The number of nitrogens with zero attached hydrogens (tertiary/aromatic N) is 3. The predicted octanol–water partition coefficient (Wildman–Crippen LogP) is 5.32. The first-order valence-corrected chi connectivity index (χ1v) is 10.6. The number of rotatable bonds is 2. The molecule has 0 N–H and O–H groups in total. The topological polar surface area (TPSA) is 47.3 Å². The Morgan fingerprint density at radius 2 is 2.00 bits per heavy atom. The minimum Gasteiger partial charge on any atom is -0.344 e. The van der Waals surface area contributed by atoms with E-state index in [2.05, 4.69) is 26.9 Å². The van der Waals surface area contributed by atoms with Crippen LogP contribution >= 0.6 is 39.3 Å². The molecule has 0 unspecified atom stereocenters. The molecule has 27 heavy (non-hydrogen) atoms. The van der Waals surface area contributed by atoms with Crippen molar-refractivity contribution in [3.8, 4) is 6.07 Å². The van der Waals surface area contributed by atoms with Crippen LogP contribution in [0.3, 0.4) is 0 Å². The van der Waals surface area contributed by atoms with Crippen LogP contribution in [-0.2, 0) is 4.79 Å². The summed E-state index contributed by atoms with van der Waals surface area (Å²) < 4.78 is 0.947. The van der Waals surface area contributed by atoms with E-state index in [9.17, 15) is 10.1 Å². The van der Waals surface area contributed by atoms with E-state index >= 15 is 0 Å². The minimum absolute atomic E-state index is 0.0418. The molecule has 0 aliphatic carbocycles. The Hall–Kier alpha value is -1.94. The molecule has 4 nitrogen and oxygen atoms in total. The highest BCUT2D eigenvalue weighted by Crippen LogP contribution is 2.43. The van der Waals surface area contributed by atoms with Gasteiger partial charge in [-0.25, -0.2) is 0 Å². The van der Waals surface area contributed by atoms with Gasteiger partial charge in [-0.15, -0.1) is 0 Å². The van der Waals surface area contributed by atoms with Gasteiger partial charge in [0.15, 0.2) is 0 Å². The van der Waals surface area contributed by atoms with Crippen molar-refractivity contribution in [3.05, 3.63) is 74.2 Å². The zero-order chi connectivity index (χ0) is 19.0. The summed E-state index contributed by atoms with van der Waals surface area (Å²) in [6.07, 6.45) is 0.303. The van der Waals surface area contributed by atoms with Gasteiger partial charge in [-0.05, 0) is 42.0 Å². The second-order valence-electron chi connectivity index (χ2n) is 6.40. The molecule has 0 bridgehead atoms. The number of amides is 1. The first kappa shape index (κ1) is 18.4. The van der Waals surface area contributed by atoms with Crippen molar-refractivity contribution in [2.75, 3.05) is 17.4 Å². The number of carbonyl (C=O) groups excluding carboxylic acids is 1. The van der Waals surface area contributed by atoms with E-state index in [1.807, 2.05) is 48.5 Å². The van der Waals surface area contributed by atoms with Crippen molar-refractivity contribution >= 4 is 50.9 Å². The maximum atomic E-state index is 12.9. The van der Waals surface area contributed by atoms with Crippen LogP contribution in [0.4, 0.5) is 5.69 Å². The van der Waals surface area contributed by atoms with E-state index in [0.29, 0.717) is 29.6 Å². The molecule has 0 saturated carbocycles. The number of carbonyl (C=O) groups is 1. The third kappa shape index (κ3) is 3.60. The average Bonchev–Trinajstić information content (AvgIpc) is 2.68. The van der Waals surface area contributed by atoms with E-state index < -0.39 is 0 Å². The Bertz CT molecular complexity index is 970. The fourth-order valence-electron chi connectivity index (χ4n) is 3.39. The molecule has 1 amide bonds. The molecule has 2 aliphatic rings. The van der Waals surface area contributed by atoms with E-state index in [1.54, 1.807) is 4.90 Å². The van der Waals surface area contributed by atoms with Crippen LogP contribution in [0.15, 0.2) is 63.6 Å². The van der Waals surface area contributed by atoms with Gasteiger partial charge in [0, 0.05) is 27.5 Å². The minimum atomic E-state index is -0.194. The first-order chi connectivity index (χ1) is 13.1. The molecular formula is C20H15BrClN3OS. The number of thioether (sulfide) groups is 1. The predicted molar refractivity (Wildman–Crippen MR) is 112 cm³/mol. The van der Waals surface area contributed by atoms with E-state index in [4.69, 9.17) is 11.6 Å². The van der Waals surface area contributed by atoms with Crippen LogP contribution in [0.5, 0.6) is 0 Å². The largest absolute Gasteiger partial charge is 0.344 e. The molecular weight excluding hydrogens is 446 g/mol. The van der Waals surface area contributed by atoms with Crippen molar-refractivity contribution < 1.29 is 4.79 Å². The Morgan fingerprint density at radius 3 is 2.70 bits per heavy atom.